The highest BCUT2D eigenvalue weighted by Gasteiger charge is 2.22. The van der Waals surface area contributed by atoms with Crippen LogP contribution in [0.4, 0.5) is 0 Å². The van der Waals surface area contributed by atoms with E-state index in [-0.39, 0.29) is 12.2 Å². The number of ether oxygens (including phenoxy) is 1. The van der Waals surface area contributed by atoms with Crippen molar-refractivity contribution < 1.29 is 22.5 Å². The summed E-state index contributed by atoms with van der Waals surface area (Å²) < 4.78 is 37.3. The van der Waals surface area contributed by atoms with E-state index in [0.29, 0.717) is 30.9 Å². The van der Waals surface area contributed by atoms with Crippen LogP contribution < -0.4 is 10.1 Å². The van der Waals surface area contributed by atoms with E-state index in [9.17, 15) is 13.2 Å². The number of Topliss-reactive ketones (excluding diaryl/α,β-unsaturated/α-hetero) is 1. The third-order valence-electron chi connectivity index (χ3n) is 5.02. The Bertz CT molecular complexity index is 1080. The summed E-state index contributed by atoms with van der Waals surface area (Å²) in [6.07, 6.45) is 0.682. The predicted octanol–water partition coefficient (Wildman–Crippen LogP) is 3.93. The average Bonchev–Trinajstić information content (AvgIpc) is 2.80. The average molecular weight is 454 g/mol. The first kappa shape index (κ1) is 23.7. The SMILES string of the molecule is O=C(c1ccc(OCc2ccccc2)cc1)[C@@H](CCS(=O)(=O)O)NCCc1ccccc1. The van der Waals surface area contributed by atoms with E-state index in [2.05, 4.69) is 5.32 Å². The molecule has 3 rings (SSSR count). The van der Waals surface area contributed by atoms with E-state index in [1.807, 2.05) is 60.7 Å². The van der Waals surface area contributed by atoms with Crippen molar-refractivity contribution in [2.75, 3.05) is 12.3 Å². The molecule has 0 bridgehead atoms. The maximum atomic E-state index is 13.0. The fourth-order valence-corrected chi connectivity index (χ4v) is 3.82. The van der Waals surface area contributed by atoms with Gasteiger partial charge in [-0.15, -0.1) is 0 Å². The van der Waals surface area contributed by atoms with Crippen molar-refractivity contribution in [3.8, 4) is 5.75 Å². The van der Waals surface area contributed by atoms with E-state index in [4.69, 9.17) is 9.29 Å². The number of hydrogen-bond donors (Lipinski definition) is 2. The molecule has 0 heterocycles. The summed E-state index contributed by atoms with van der Waals surface area (Å²) in [4.78, 5) is 13.0. The summed E-state index contributed by atoms with van der Waals surface area (Å²) in [5.74, 6) is -0.0757. The second kappa shape index (κ2) is 11.6. The molecule has 6 nitrogen and oxygen atoms in total. The lowest BCUT2D eigenvalue weighted by Crippen LogP contribution is -2.39. The molecule has 0 saturated heterocycles. The maximum Gasteiger partial charge on any atom is 0.264 e. The number of carbonyl (C=O) groups excluding carboxylic acids is 1. The number of carbonyl (C=O) groups is 1. The topological polar surface area (TPSA) is 92.7 Å². The van der Waals surface area contributed by atoms with E-state index in [0.717, 1.165) is 11.1 Å². The van der Waals surface area contributed by atoms with Crippen LogP contribution in [0, 0.1) is 0 Å². The Hall–Kier alpha value is -3.00. The van der Waals surface area contributed by atoms with Crippen molar-refractivity contribution in [1.29, 1.82) is 0 Å². The maximum absolute atomic E-state index is 13.0. The van der Waals surface area contributed by atoms with E-state index in [1.54, 1.807) is 24.3 Å². The van der Waals surface area contributed by atoms with Crippen molar-refractivity contribution in [3.63, 3.8) is 0 Å². The number of hydrogen-bond acceptors (Lipinski definition) is 5. The van der Waals surface area contributed by atoms with Crippen LogP contribution >= 0.6 is 0 Å². The van der Waals surface area contributed by atoms with Gasteiger partial charge in [-0.3, -0.25) is 9.35 Å². The van der Waals surface area contributed by atoms with Gasteiger partial charge in [0.25, 0.3) is 10.1 Å². The van der Waals surface area contributed by atoms with Crippen molar-refractivity contribution >= 4 is 15.9 Å². The normalized spacial score (nSPS) is 12.3. The van der Waals surface area contributed by atoms with Crippen LogP contribution in [0.2, 0.25) is 0 Å². The molecular weight excluding hydrogens is 426 g/mol. The molecule has 0 amide bonds. The molecule has 0 fully saturated rings. The molecule has 32 heavy (non-hydrogen) atoms. The lowest BCUT2D eigenvalue weighted by molar-refractivity contribution is 0.0941. The van der Waals surface area contributed by atoms with Gasteiger partial charge in [-0.1, -0.05) is 60.7 Å². The largest absolute Gasteiger partial charge is 0.489 e. The first-order valence-electron chi connectivity index (χ1n) is 10.4. The lowest BCUT2D eigenvalue weighted by atomic mass is 10.0. The summed E-state index contributed by atoms with van der Waals surface area (Å²) in [5, 5.41) is 3.14. The van der Waals surface area contributed by atoms with Crippen LogP contribution in [0.25, 0.3) is 0 Å². The third-order valence-corrected chi connectivity index (χ3v) is 5.77. The van der Waals surface area contributed by atoms with Crippen LogP contribution in [-0.4, -0.2) is 37.1 Å². The summed E-state index contributed by atoms with van der Waals surface area (Å²) in [6.45, 7) is 0.927. The minimum absolute atomic E-state index is 0.0152. The third kappa shape index (κ3) is 7.92. The Kier molecular flexibility index (Phi) is 8.56. The van der Waals surface area contributed by atoms with Gasteiger partial charge in [-0.05, 0) is 54.8 Å². The standard InChI is InChI=1S/C25H27NO5S/c27-25(22-11-13-23(14-12-22)31-19-21-9-5-2-6-10-21)24(16-18-32(28,29)30)26-17-15-20-7-3-1-4-8-20/h1-14,24,26H,15-19H2,(H,28,29,30)/t24-/m1/s1. The van der Waals surface area contributed by atoms with Crippen LogP contribution in [0.5, 0.6) is 5.75 Å². The molecule has 3 aromatic rings. The molecule has 168 valence electrons. The molecule has 0 aliphatic heterocycles. The summed E-state index contributed by atoms with van der Waals surface area (Å²) in [7, 11) is -4.16. The smallest absolute Gasteiger partial charge is 0.264 e. The molecule has 0 unspecified atom stereocenters. The fraction of sp³-hybridized carbons (Fsp3) is 0.240. The van der Waals surface area contributed by atoms with Crippen LogP contribution in [0.15, 0.2) is 84.9 Å². The van der Waals surface area contributed by atoms with Crippen LogP contribution in [0.1, 0.15) is 27.9 Å². The highest BCUT2D eigenvalue weighted by molar-refractivity contribution is 7.85. The van der Waals surface area contributed by atoms with Gasteiger partial charge in [0, 0.05) is 5.56 Å². The van der Waals surface area contributed by atoms with Gasteiger partial charge in [0.15, 0.2) is 5.78 Å². The molecule has 0 saturated carbocycles. The van der Waals surface area contributed by atoms with Gasteiger partial charge in [0.2, 0.25) is 0 Å². The number of ketones is 1. The zero-order valence-electron chi connectivity index (χ0n) is 17.7. The first-order valence-corrected chi connectivity index (χ1v) is 12.0. The summed E-state index contributed by atoms with van der Waals surface area (Å²) >= 11 is 0. The van der Waals surface area contributed by atoms with Crippen molar-refractivity contribution in [2.45, 2.75) is 25.5 Å². The molecule has 0 aromatic heterocycles. The minimum atomic E-state index is -4.16. The van der Waals surface area contributed by atoms with Crippen molar-refractivity contribution in [3.05, 3.63) is 102 Å². The highest BCUT2D eigenvalue weighted by Crippen LogP contribution is 2.16. The summed E-state index contributed by atoms with van der Waals surface area (Å²) in [5.41, 5.74) is 2.60. The van der Waals surface area contributed by atoms with Gasteiger partial charge in [-0.2, -0.15) is 8.42 Å². The number of nitrogens with one attached hydrogen (secondary N) is 1. The Labute approximate surface area is 189 Å². The molecular formula is C25H27NO5S. The van der Waals surface area contributed by atoms with Gasteiger partial charge in [0.05, 0.1) is 11.8 Å². The first-order chi connectivity index (χ1) is 15.4. The Morgan fingerprint density at radius 1 is 0.875 bits per heavy atom. The number of benzene rings is 3. The summed E-state index contributed by atoms with van der Waals surface area (Å²) in [6, 6.07) is 25.6. The molecule has 0 spiro atoms. The van der Waals surface area contributed by atoms with Gasteiger partial charge < -0.3 is 10.1 Å². The molecule has 7 heteroatoms. The van der Waals surface area contributed by atoms with E-state index in [1.165, 1.54) is 0 Å². The number of rotatable bonds is 12. The van der Waals surface area contributed by atoms with Gasteiger partial charge in [0.1, 0.15) is 12.4 Å². The van der Waals surface area contributed by atoms with Gasteiger partial charge >= 0.3 is 0 Å². The zero-order valence-corrected chi connectivity index (χ0v) is 18.5. The van der Waals surface area contributed by atoms with Crippen molar-refractivity contribution in [2.24, 2.45) is 0 Å². The molecule has 0 aliphatic rings. The monoisotopic (exact) mass is 453 g/mol. The molecule has 0 radical (unpaired) electrons. The lowest BCUT2D eigenvalue weighted by Gasteiger charge is -2.17. The van der Waals surface area contributed by atoms with E-state index < -0.39 is 21.9 Å². The molecule has 2 N–H and O–H groups in total. The molecule has 1 atom stereocenters. The van der Waals surface area contributed by atoms with Gasteiger partial charge in [-0.25, -0.2) is 0 Å². The molecule has 3 aromatic carbocycles. The van der Waals surface area contributed by atoms with Crippen LogP contribution in [-0.2, 0) is 23.1 Å². The van der Waals surface area contributed by atoms with Crippen LogP contribution in [0.3, 0.4) is 0 Å². The Morgan fingerprint density at radius 2 is 1.47 bits per heavy atom. The minimum Gasteiger partial charge on any atom is -0.489 e. The highest BCUT2D eigenvalue weighted by atomic mass is 32.2. The quantitative estimate of drug-likeness (QED) is 0.319. The zero-order chi connectivity index (χ0) is 22.8. The fourth-order valence-electron chi connectivity index (χ4n) is 3.29. The second-order valence-electron chi connectivity index (χ2n) is 7.48. The molecule has 0 aliphatic carbocycles. The predicted molar refractivity (Wildman–Crippen MR) is 125 cm³/mol. The Balaban J connectivity index is 1.61. The van der Waals surface area contributed by atoms with Crippen molar-refractivity contribution in [1.82, 2.24) is 5.32 Å². The van der Waals surface area contributed by atoms with E-state index >= 15 is 0 Å². The Morgan fingerprint density at radius 3 is 2.06 bits per heavy atom. The second-order valence-corrected chi connectivity index (χ2v) is 9.05.